The van der Waals surface area contributed by atoms with Crippen LogP contribution in [0.1, 0.15) is 10.4 Å². The normalized spacial score (nSPS) is 11.0. The summed E-state index contributed by atoms with van der Waals surface area (Å²) in [7, 11) is -2.17. The van der Waals surface area contributed by atoms with E-state index in [0.717, 1.165) is 0 Å². The molecule has 0 bridgehead atoms. The van der Waals surface area contributed by atoms with Crippen molar-refractivity contribution in [1.29, 1.82) is 0 Å². The van der Waals surface area contributed by atoms with Gasteiger partial charge in [-0.1, -0.05) is 12.1 Å². The molecular formula is C16H18N2O5S. The van der Waals surface area contributed by atoms with Crippen LogP contribution in [-0.2, 0) is 10.0 Å². The minimum atomic E-state index is -3.66. The maximum Gasteiger partial charge on any atom is 0.255 e. The van der Waals surface area contributed by atoms with Crippen molar-refractivity contribution in [3.8, 4) is 11.5 Å². The van der Waals surface area contributed by atoms with Gasteiger partial charge in [0, 0.05) is 13.1 Å². The average molecular weight is 350 g/mol. The molecule has 0 saturated carbocycles. The van der Waals surface area contributed by atoms with Crippen LogP contribution in [0, 0.1) is 0 Å². The number of rotatable bonds is 7. The lowest BCUT2D eigenvalue weighted by Crippen LogP contribution is -2.34. The number of nitrogens with one attached hydrogen (secondary N) is 2. The van der Waals surface area contributed by atoms with E-state index >= 15 is 0 Å². The number of carbonyl (C=O) groups is 1. The van der Waals surface area contributed by atoms with Gasteiger partial charge in [0.1, 0.15) is 11.5 Å². The van der Waals surface area contributed by atoms with Crippen molar-refractivity contribution < 1.29 is 23.1 Å². The SMILES string of the molecule is COc1ccc(S(=O)(=O)NCCNC(=O)c2ccccc2O)cc1. The average Bonchev–Trinajstić information content (AvgIpc) is 2.59. The van der Waals surface area contributed by atoms with Crippen molar-refractivity contribution in [1.82, 2.24) is 10.0 Å². The zero-order chi connectivity index (χ0) is 17.6. The molecule has 2 aromatic carbocycles. The molecule has 0 radical (unpaired) electrons. The van der Waals surface area contributed by atoms with Crippen LogP contribution in [0.2, 0.25) is 0 Å². The fourth-order valence-corrected chi connectivity index (χ4v) is 2.99. The van der Waals surface area contributed by atoms with E-state index in [-0.39, 0.29) is 29.3 Å². The second kappa shape index (κ2) is 7.80. The number of hydrogen-bond acceptors (Lipinski definition) is 5. The van der Waals surface area contributed by atoms with Gasteiger partial charge in [0.15, 0.2) is 0 Å². The molecule has 0 fully saturated rings. The largest absolute Gasteiger partial charge is 0.507 e. The first-order valence-electron chi connectivity index (χ1n) is 7.14. The van der Waals surface area contributed by atoms with Gasteiger partial charge in [0.2, 0.25) is 10.0 Å². The van der Waals surface area contributed by atoms with E-state index in [1.807, 2.05) is 0 Å². The fourth-order valence-electron chi connectivity index (χ4n) is 1.96. The van der Waals surface area contributed by atoms with Crippen molar-refractivity contribution in [3.05, 3.63) is 54.1 Å². The summed E-state index contributed by atoms with van der Waals surface area (Å²) in [6.45, 7) is 0.107. The summed E-state index contributed by atoms with van der Waals surface area (Å²) in [5.41, 5.74) is 0.135. The van der Waals surface area contributed by atoms with Crippen LogP contribution in [0.4, 0.5) is 0 Å². The number of methoxy groups -OCH3 is 1. The highest BCUT2D eigenvalue weighted by Crippen LogP contribution is 2.16. The second-order valence-corrected chi connectivity index (χ2v) is 6.61. The maximum atomic E-state index is 12.1. The fraction of sp³-hybridized carbons (Fsp3) is 0.188. The first-order chi connectivity index (χ1) is 11.4. The van der Waals surface area contributed by atoms with Gasteiger partial charge in [-0.15, -0.1) is 0 Å². The van der Waals surface area contributed by atoms with E-state index in [0.29, 0.717) is 5.75 Å². The monoisotopic (exact) mass is 350 g/mol. The van der Waals surface area contributed by atoms with E-state index in [4.69, 9.17) is 4.74 Å². The highest BCUT2D eigenvalue weighted by Gasteiger charge is 2.14. The topological polar surface area (TPSA) is 105 Å². The van der Waals surface area contributed by atoms with E-state index in [9.17, 15) is 18.3 Å². The molecule has 0 spiro atoms. The Labute approximate surface area is 140 Å². The number of phenolic OH excluding ortho intramolecular Hbond substituents is 1. The third-order valence-corrected chi connectivity index (χ3v) is 4.70. The Bertz CT molecular complexity index is 803. The van der Waals surface area contributed by atoms with Gasteiger partial charge >= 0.3 is 0 Å². The summed E-state index contributed by atoms with van der Waals surface area (Å²) in [4.78, 5) is 12.0. The van der Waals surface area contributed by atoms with Crippen LogP contribution in [0.25, 0.3) is 0 Å². The zero-order valence-electron chi connectivity index (χ0n) is 13.0. The first-order valence-corrected chi connectivity index (χ1v) is 8.62. The molecule has 2 rings (SSSR count). The van der Waals surface area contributed by atoms with Crippen LogP contribution in [0.3, 0.4) is 0 Å². The van der Waals surface area contributed by atoms with Crippen LogP contribution in [0.15, 0.2) is 53.4 Å². The van der Waals surface area contributed by atoms with Crippen molar-refractivity contribution in [2.45, 2.75) is 4.90 Å². The number of hydrogen-bond donors (Lipinski definition) is 3. The molecule has 8 heteroatoms. The Morgan fingerprint density at radius 3 is 2.38 bits per heavy atom. The standard InChI is InChI=1S/C16H18N2O5S/c1-23-12-6-8-13(9-7-12)24(21,22)18-11-10-17-16(20)14-4-2-3-5-15(14)19/h2-9,18-19H,10-11H2,1H3,(H,17,20). The minimum Gasteiger partial charge on any atom is -0.507 e. The Morgan fingerprint density at radius 1 is 1.08 bits per heavy atom. The number of phenols is 1. The van der Waals surface area contributed by atoms with Crippen molar-refractivity contribution >= 4 is 15.9 Å². The third kappa shape index (κ3) is 4.46. The number of carbonyl (C=O) groups excluding carboxylic acids is 1. The Morgan fingerprint density at radius 2 is 1.75 bits per heavy atom. The molecule has 0 unspecified atom stereocenters. The van der Waals surface area contributed by atoms with Crippen LogP contribution in [0.5, 0.6) is 11.5 Å². The van der Waals surface area contributed by atoms with Crippen LogP contribution in [-0.4, -0.2) is 39.6 Å². The molecule has 0 saturated heterocycles. The first kappa shape index (κ1) is 17.8. The van der Waals surface area contributed by atoms with E-state index in [1.165, 1.54) is 31.4 Å². The van der Waals surface area contributed by atoms with Gasteiger partial charge in [-0.25, -0.2) is 13.1 Å². The smallest absolute Gasteiger partial charge is 0.255 e. The summed E-state index contributed by atoms with van der Waals surface area (Å²) >= 11 is 0. The zero-order valence-corrected chi connectivity index (χ0v) is 13.8. The molecule has 3 N–H and O–H groups in total. The molecule has 0 heterocycles. The van der Waals surface area contributed by atoms with Crippen molar-refractivity contribution in [2.75, 3.05) is 20.2 Å². The predicted octanol–water partition coefficient (Wildman–Crippen LogP) is 1.11. The number of para-hydroxylation sites is 1. The molecular weight excluding hydrogens is 332 g/mol. The maximum absolute atomic E-state index is 12.1. The number of benzene rings is 2. The molecule has 24 heavy (non-hydrogen) atoms. The molecule has 128 valence electrons. The van der Waals surface area contributed by atoms with Crippen molar-refractivity contribution in [2.24, 2.45) is 0 Å². The molecule has 7 nitrogen and oxygen atoms in total. The van der Waals surface area contributed by atoms with Crippen LogP contribution >= 0.6 is 0 Å². The number of aromatic hydroxyl groups is 1. The molecule has 0 aliphatic carbocycles. The summed E-state index contributed by atoms with van der Waals surface area (Å²) in [6, 6.07) is 12.1. The number of ether oxygens (including phenoxy) is 1. The lowest BCUT2D eigenvalue weighted by Gasteiger charge is -2.09. The summed E-state index contributed by atoms with van der Waals surface area (Å²) in [5.74, 6) is -0.0468. The summed E-state index contributed by atoms with van der Waals surface area (Å²) in [6.07, 6.45) is 0. The molecule has 1 amide bonds. The summed E-state index contributed by atoms with van der Waals surface area (Å²) in [5, 5.41) is 12.1. The molecule has 2 aromatic rings. The Hall–Kier alpha value is -2.58. The third-order valence-electron chi connectivity index (χ3n) is 3.22. The van der Waals surface area contributed by atoms with E-state index < -0.39 is 15.9 Å². The Kier molecular flexibility index (Phi) is 5.78. The predicted molar refractivity (Wildman–Crippen MR) is 88.6 cm³/mol. The van der Waals surface area contributed by atoms with Gasteiger partial charge < -0.3 is 15.2 Å². The van der Waals surface area contributed by atoms with E-state index in [2.05, 4.69) is 10.0 Å². The van der Waals surface area contributed by atoms with Gasteiger partial charge in [-0.3, -0.25) is 4.79 Å². The van der Waals surface area contributed by atoms with Gasteiger partial charge in [-0.2, -0.15) is 0 Å². The summed E-state index contributed by atoms with van der Waals surface area (Å²) < 4.78 is 31.6. The molecule has 0 atom stereocenters. The Balaban J connectivity index is 1.87. The second-order valence-electron chi connectivity index (χ2n) is 4.85. The lowest BCUT2D eigenvalue weighted by atomic mass is 10.2. The quantitative estimate of drug-likeness (QED) is 0.649. The van der Waals surface area contributed by atoms with Gasteiger partial charge in [-0.05, 0) is 36.4 Å². The van der Waals surface area contributed by atoms with Gasteiger partial charge in [0.05, 0.1) is 17.6 Å². The molecule has 0 aliphatic rings. The minimum absolute atomic E-state index is 0.0215. The number of amides is 1. The highest BCUT2D eigenvalue weighted by molar-refractivity contribution is 7.89. The van der Waals surface area contributed by atoms with Crippen LogP contribution < -0.4 is 14.8 Å². The van der Waals surface area contributed by atoms with Gasteiger partial charge in [0.25, 0.3) is 5.91 Å². The lowest BCUT2D eigenvalue weighted by molar-refractivity contribution is 0.0951. The highest BCUT2D eigenvalue weighted by atomic mass is 32.2. The van der Waals surface area contributed by atoms with Crippen molar-refractivity contribution in [3.63, 3.8) is 0 Å². The number of sulfonamides is 1. The molecule has 0 aliphatic heterocycles. The van der Waals surface area contributed by atoms with E-state index in [1.54, 1.807) is 24.3 Å². The molecule has 0 aromatic heterocycles.